The Kier molecular flexibility index (Phi) is 3.09. The first kappa shape index (κ1) is 11.0. The maximum absolute atomic E-state index is 13.5. The Bertz CT molecular complexity index is 362. The molecule has 15 heavy (non-hydrogen) atoms. The second kappa shape index (κ2) is 4.20. The van der Waals surface area contributed by atoms with Crippen LogP contribution in [0.2, 0.25) is 0 Å². The van der Waals surface area contributed by atoms with E-state index in [9.17, 15) is 9.50 Å². The first-order chi connectivity index (χ1) is 7.09. The molecule has 1 N–H and O–H groups in total. The third kappa shape index (κ3) is 2.56. The van der Waals surface area contributed by atoms with Crippen molar-refractivity contribution >= 4 is 15.9 Å². The second-order valence-electron chi connectivity index (χ2n) is 3.94. The van der Waals surface area contributed by atoms with Gasteiger partial charge in [-0.15, -0.1) is 0 Å². The van der Waals surface area contributed by atoms with E-state index in [1.54, 1.807) is 12.1 Å². The summed E-state index contributed by atoms with van der Waals surface area (Å²) >= 11 is 3.20. The lowest BCUT2D eigenvalue weighted by Gasteiger charge is -2.20. The van der Waals surface area contributed by atoms with Gasteiger partial charge in [-0.25, -0.2) is 4.39 Å². The maximum atomic E-state index is 13.5. The zero-order valence-corrected chi connectivity index (χ0v) is 9.76. The number of aliphatic hydroxyl groups is 1. The average molecular weight is 275 g/mol. The van der Waals surface area contributed by atoms with Gasteiger partial charge in [-0.3, -0.25) is 0 Å². The molecule has 0 radical (unpaired) electrons. The molecule has 0 aromatic heterocycles. The summed E-state index contributed by atoms with van der Waals surface area (Å²) in [7, 11) is 0. The highest BCUT2D eigenvalue weighted by molar-refractivity contribution is 9.10. The van der Waals surface area contributed by atoms with Crippen molar-refractivity contribution < 1.29 is 14.2 Å². The lowest BCUT2D eigenvalue weighted by Crippen LogP contribution is -2.31. The van der Waals surface area contributed by atoms with Crippen molar-refractivity contribution in [1.29, 1.82) is 0 Å². The molecular formula is C11H12BrFO2. The highest BCUT2D eigenvalue weighted by atomic mass is 79.9. The van der Waals surface area contributed by atoms with Crippen molar-refractivity contribution in [1.82, 2.24) is 0 Å². The maximum Gasteiger partial charge on any atom is 0.127 e. The molecule has 1 heterocycles. The fourth-order valence-corrected chi connectivity index (χ4v) is 2.09. The molecule has 2 nitrogen and oxygen atoms in total. The van der Waals surface area contributed by atoms with E-state index in [0.29, 0.717) is 36.1 Å². The van der Waals surface area contributed by atoms with Gasteiger partial charge in [-0.05, 0) is 17.7 Å². The Hall–Kier alpha value is -0.450. The summed E-state index contributed by atoms with van der Waals surface area (Å²) in [5.74, 6) is -0.287. The lowest BCUT2D eigenvalue weighted by molar-refractivity contribution is 0.0264. The van der Waals surface area contributed by atoms with Crippen molar-refractivity contribution in [2.75, 3.05) is 13.2 Å². The van der Waals surface area contributed by atoms with Crippen molar-refractivity contribution in [3.8, 4) is 0 Å². The van der Waals surface area contributed by atoms with E-state index in [1.165, 1.54) is 6.07 Å². The Morgan fingerprint density at radius 3 is 2.93 bits per heavy atom. The SMILES string of the molecule is OC1(Cc2ccc(Br)cc2F)CCOC1. The molecule has 1 atom stereocenters. The molecule has 2 rings (SSSR count). The van der Waals surface area contributed by atoms with Crippen LogP contribution in [0.1, 0.15) is 12.0 Å². The van der Waals surface area contributed by atoms with Gasteiger partial charge in [0.2, 0.25) is 0 Å². The van der Waals surface area contributed by atoms with E-state index < -0.39 is 5.60 Å². The fourth-order valence-electron chi connectivity index (χ4n) is 1.76. The molecule has 1 aromatic rings. The molecule has 0 saturated carbocycles. The zero-order valence-electron chi connectivity index (χ0n) is 8.17. The number of hydrogen-bond donors (Lipinski definition) is 1. The minimum Gasteiger partial charge on any atom is -0.387 e. The van der Waals surface area contributed by atoms with Gasteiger partial charge in [0.25, 0.3) is 0 Å². The van der Waals surface area contributed by atoms with E-state index in [2.05, 4.69) is 15.9 Å². The van der Waals surface area contributed by atoms with Crippen LogP contribution in [0, 0.1) is 5.82 Å². The monoisotopic (exact) mass is 274 g/mol. The second-order valence-corrected chi connectivity index (χ2v) is 4.86. The molecule has 4 heteroatoms. The smallest absolute Gasteiger partial charge is 0.127 e. The molecule has 0 amide bonds. The lowest BCUT2D eigenvalue weighted by atomic mass is 9.94. The van der Waals surface area contributed by atoms with Crippen molar-refractivity contribution in [2.24, 2.45) is 0 Å². The highest BCUT2D eigenvalue weighted by Crippen LogP contribution is 2.25. The van der Waals surface area contributed by atoms with E-state index >= 15 is 0 Å². The predicted octanol–water partition coefficient (Wildman–Crippen LogP) is 2.28. The van der Waals surface area contributed by atoms with Crippen LogP contribution in [0.4, 0.5) is 4.39 Å². The van der Waals surface area contributed by atoms with Crippen LogP contribution in [0.25, 0.3) is 0 Å². The van der Waals surface area contributed by atoms with E-state index in [4.69, 9.17) is 4.74 Å². The highest BCUT2D eigenvalue weighted by Gasteiger charge is 2.33. The first-order valence-corrected chi connectivity index (χ1v) is 5.62. The van der Waals surface area contributed by atoms with Gasteiger partial charge in [-0.2, -0.15) is 0 Å². The number of hydrogen-bond acceptors (Lipinski definition) is 2. The fraction of sp³-hybridized carbons (Fsp3) is 0.455. The average Bonchev–Trinajstić information content (AvgIpc) is 2.58. The summed E-state index contributed by atoms with van der Waals surface area (Å²) in [6.07, 6.45) is 0.884. The van der Waals surface area contributed by atoms with E-state index in [0.717, 1.165) is 0 Å². The standard InChI is InChI=1S/C11H12BrFO2/c12-9-2-1-8(10(13)5-9)6-11(14)3-4-15-7-11/h1-2,5,14H,3-4,6-7H2. The number of rotatable bonds is 2. The molecule has 1 unspecified atom stereocenters. The number of ether oxygens (including phenoxy) is 1. The van der Waals surface area contributed by atoms with Gasteiger partial charge in [-0.1, -0.05) is 22.0 Å². The topological polar surface area (TPSA) is 29.5 Å². The van der Waals surface area contributed by atoms with Crippen LogP contribution in [0.3, 0.4) is 0 Å². The molecule has 0 bridgehead atoms. The van der Waals surface area contributed by atoms with Gasteiger partial charge >= 0.3 is 0 Å². The Morgan fingerprint density at radius 2 is 2.33 bits per heavy atom. The first-order valence-electron chi connectivity index (χ1n) is 4.83. The Morgan fingerprint density at radius 1 is 1.53 bits per heavy atom. The number of benzene rings is 1. The van der Waals surface area contributed by atoms with Crippen LogP contribution < -0.4 is 0 Å². The summed E-state index contributed by atoms with van der Waals surface area (Å²) in [5.41, 5.74) is -0.361. The predicted molar refractivity (Wildman–Crippen MR) is 58.2 cm³/mol. The molecule has 1 aliphatic heterocycles. The van der Waals surface area contributed by atoms with Gasteiger partial charge in [0.15, 0.2) is 0 Å². The zero-order chi connectivity index (χ0) is 10.9. The van der Waals surface area contributed by atoms with Gasteiger partial charge < -0.3 is 9.84 Å². The summed E-state index contributed by atoms with van der Waals surface area (Å²) in [6, 6.07) is 4.88. The molecule has 1 fully saturated rings. The quantitative estimate of drug-likeness (QED) is 0.897. The van der Waals surface area contributed by atoms with Crippen molar-refractivity contribution in [3.63, 3.8) is 0 Å². The normalized spacial score (nSPS) is 25.8. The minimum atomic E-state index is -0.894. The van der Waals surface area contributed by atoms with E-state index in [1.807, 2.05) is 0 Å². The Labute approximate surface area is 96.2 Å². The molecule has 0 aliphatic carbocycles. The molecule has 1 aromatic carbocycles. The van der Waals surface area contributed by atoms with Gasteiger partial charge in [0, 0.05) is 23.9 Å². The molecule has 0 spiro atoms. The summed E-state index contributed by atoms with van der Waals surface area (Å²) < 4.78 is 19.3. The van der Waals surface area contributed by atoms with Crippen molar-refractivity contribution in [2.45, 2.75) is 18.4 Å². The van der Waals surface area contributed by atoms with E-state index in [-0.39, 0.29) is 5.82 Å². The summed E-state index contributed by atoms with van der Waals surface area (Å²) in [5, 5.41) is 10.0. The van der Waals surface area contributed by atoms with Gasteiger partial charge in [0.05, 0.1) is 12.2 Å². The van der Waals surface area contributed by atoms with Crippen LogP contribution in [0.5, 0.6) is 0 Å². The van der Waals surface area contributed by atoms with Crippen molar-refractivity contribution in [3.05, 3.63) is 34.1 Å². The summed E-state index contributed by atoms with van der Waals surface area (Å²) in [6.45, 7) is 0.844. The largest absolute Gasteiger partial charge is 0.387 e. The van der Waals surface area contributed by atoms with Crippen LogP contribution in [-0.2, 0) is 11.2 Å². The third-order valence-electron chi connectivity index (χ3n) is 2.62. The third-order valence-corrected chi connectivity index (χ3v) is 3.11. The molecular weight excluding hydrogens is 263 g/mol. The molecule has 1 aliphatic rings. The number of halogens is 2. The van der Waals surface area contributed by atoms with Crippen LogP contribution >= 0.6 is 15.9 Å². The van der Waals surface area contributed by atoms with Gasteiger partial charge in [0.1, 0.15) is 5.82 Å². The van der Waals surface area contributed by atoms with Crippen LogP contribution in [0.15, 0.2) is 22.7 Å². The van der Waals surface area contributed by atoms with Crippen LogP contribution in [-0.4, -0.2) is 23.9 Å². The molecule has 1 saturated heterocycles. The summed E-state index contributed by atoms with van der Waals surface area (Å²) in [4.78, 5) is 0. The molecule has 82 valence electrons. The minimum absolute atomic E-state index is 0.287. The Balaban J connectivity index is 2.16.